The Morgan fingerprint density at radius 2 is 1.82 bits per heavy atom. The zero-order valence-electron chi connectivity index (χ0n) is 16.0. The summed E-state index contributed by atoms with van der Waals surface area (Å²) < 4.78 is 25.6. The predicted molar refractivity (Wildman–Crippen MR) is 118 cm³/mol. The zero-order chi connectivity index (χ0) is 20.6. The molecule has 0 fully saturated rings. The summed E-state index contributed by atoms with van der Waals surface area (Å²) in [6.07, 6.45) is 2.59. The van der Waals surface area contributed by atoms with Crippen LogP contribution in [0.25, 0.3) is 0 Å². The van der Waals surface area contributed by atoms with Gasteiger partial charge in [0.25, 0.3) is 0 Å². The van der Waals surface area contributed by atoms with E-state index < -0.39 is 10.0 Å². The number of aryl methyl sites for hydroxylation is 1. The van der Waals surface area contributed by atoms with Crippen LogP contribution in [-0.4, -0.2) is 39.4 Å². The Morgan fingerprint density at radius 1 is 1.14 bits per heavy atom. The number of thioether (sulfide) groups is 1. The lowest BCUT2D eigenvalue weighted by atomic mass is 10.1. The van der Waals surface area contributed by atoms with Crippen LogP contribution in [0.15, 0.2) is 53.4 Å². The van der Waals surface area contributed by atoms with Crippen molar-refractivity contribution >= 4 is 45.0 Å². The lowest BCUT2D eigenvalue weighted by Gasteiger charge is -2.24. The number of sulfonamides is 1. The van der Waals surface area contributed by atoms with Crippen LogP contribution in [0.1, 0.15) is 18.9 Å². The third-order valence-corrected chi connectivity index (χ3v) is 6.53. The molecule has 0 spiro atoms. The van der Waals surface area contributed by atoms with Crippen molar-refractivity contribution in [2.45, 2.75) is 24.7 Å². The van der Waals surface area contributed by atoms with Crippen LogP contribution >= 0.6 is 23.4 Å². The highest BCUT2D eigenvalue weighted by Crippen LogP contribution is 2.23. The first-order valence-electron chi connectivity index (χ1n) is 9.02. The third-order valence-electron chi connectivity index (χ3n) is 4.05. The van der Waals surface area contributed by atoms with Crippen molar-refractivity contribution in [1.82, 2.24) is 5.32 Å². The molecule has 0 bridgehead atoms. The Labute approximate surface area is 176 Å². The average molecular weight is 441 g/mol. The van der Waals surface area contributed by atoms with Gasteiger partial charge in [0.1, 0.15) is 6.54 Å². The van der Waals surface area contributed by atoms with Gasteiger partial charge in [0.15, 0.2) is 0 Å². The monoisotopic (exact) mass is 440 g/mol. The van der Waals surface area contributed by atoms with Gasteiger partial charge in [-0.1, -0.05) is 36.7 Å². The first kappa shape index (κ1) is 22.6. The predicted octanol–water partition coefficient (Wildman–Crippen LogP) is 3.97. The molecule has 28 heavy (non-hydrogen) atoms. The van der Waals surface area contributed by atoms with Gasteiger partial charge < -0.3 is 5.32 Å². The van der Waals surface area contributed by atoms with Gasteiger partial charge in [-0.3, -0.25) is 9.10 Å². The second kappa shape index (κ2) is 10.7. The first-order chi connectivity index (χ1) is 13.3. The number of benzene rings is 2. The van der Waals surface area contributed by atoms with E-state index in [9.17, 15) is 13.2 Å². The van der Waals surface area contributed by atoms with Gasteiger partial charge >= 0.3 is 0 Å². The number of amides is 1. The zero-order valence-corrected chi connectivity index (χ0v) is 18.4. The molecular formula is C20H25ClN2O3S2. The molecule has 0 unspecified atom stereocenters. The Morgan fingerprint density at radius 3 is 2.46 bits per heavy atom. The Balaban J connectivity index is 1.86. The van der Waals surface area contributed by atoms with Crippen LogP contribution in [0, 0.1) is 0 Å². The summed E-state index contributed by atoms with van der Waals surface area (Å²) in [6, 6.07) is 14.9. The van der Waals surface area contributed by atoms with E-state index in [1.807, 2.05) is 43.3 Å². The maximum absolute atomic E-state index is 12.3. The second-order valence-corrected chi connectivity index (χ2v) is 9.77. The van der Waals surface area contributed by atoms with E-state index in [1.54, 1.807) is 23.9 Å². The highest BCUT2D eigenvalue weighted by atomic mass is 35.5. The number of anilines is 1. The van der Waals surface area contributed by atoms with Crippen molar-refractivity contribution in [2.24, 2.45) is 0 Å². The van der Waals surface area contributed by atoms with Crippen molar-refractivity contribution in [1.29, 1.82) is 0 Å². The van der Waals surface area contributed by atoms with E-state index in [1.165, 1.54) is 4.31 Å². The smallest absolute Gasteiger partial charge is 0.240 e. The van der Waals surface area contributed by atoms with Crippen LogP contribution < -0.4 is 9.62 Å². The number of hydrogen-bond acceptors (Lipinski definition) is 4. The Kier molecular flexibility index (Phi) is 8.66. The molecule has 5 nitrogen and oxygen atoms in total. The van der Waals surface area contributed by atoms with Gasteiger partial charge in [-0.05, 0) is 54.5 Å². The second-order valence-electron chi connectivity index (χ2n) is 6.26. The summed E-state index contributed by atoms with van der Waals surface area (Å²) in [5.74, 6) is 0.531. The normalized spacial score (nSPS) is 11.2. The number of nitrogens with one attached hydrogen (secondary N) is 1. The molecule has 0 radical (unpaired) electrons. The van der Waals surface area contributed by atoms with Crippen molar-refractivity contribution < 1.29 is 13.2 Å². The standard InChI is InChI=1S/C20H25ClN2O3S2/c1-3-16-7-4-5-8-19(16)23(28(2,25)26)15-20(24)22-13-6-14-27-18-11-9-17(21)10-12-18/h4-5,7-12H,3,6,13-15H2,1-2H3,(H,22,24). The molecule has 0 aliphatic heterocycles. The topological polar surface area (TPSA) is 66.5 Å². The summed E-state index contributed by atoms with van der Waals surface area (Å²) in [6.45, 7) is 2.23. The highest BCUT2D eigenvalue weighted by molar-refractivity contribution is 7.99. The molecule has 0 aliphatic rings. The van der Waals surface area contributed by atoms with E-state index in [0.717, 1.165) is 28.9 Å². The van der Waals surface area contributed by atoms with Crippen molar-refractivity contribution in [3.05, 3.63) is 59.1 Å². The summed E-state index contributed by atoms with van der Waals surface area (Å²) >= 11 is 7.55. The molecule has 0 aromatic heterocycles. The molecule has 0 saturated carbocycles. The molecule has 2 aromatic carbocycles. The minimum Gasteiger partial charge on any atom is -0.354 e. The number of carbonyl (C=O) groups excluding carboxylic acids is 1. The molecule has 1 N–H and O–H groups in total. The van der Waals surface area contributed by atoms with Gasteiger partial charge in [-0.2, -0.15) is 0 Å². The maximum Gasteiger partial charge on any atom is 0.240 e. The Hall–Kier alpha value is -1.70. The SMILES string of the molecule is CCc1ccccc1N(CC(=O)NCCCSc1ccc(Cl)cc1)S(C)(=O)=O. The lowest BCUT2D eigenvalue weighted by Crippen LogP contribution is -2.41. The Bertz CT molecular complexity index is 887. The van der Waals surface area contributed by atoms with Gasteiger partial charge in [0.05, 0.1) is 11.9 Å². The van der Waals surface area contributed by atoms with E-state index in [0.29, 0.717) is 23.7 Å². The number of nitrogens with zero attached hydrogens (tertiary/aromatic N) is 1. The number of rotatable bonds is 10. The van der Waals surface area contributed by atoms with Crippen LogP contribution in [0.2, 0.25) is 5.02 Å². The molecule has 0 atom stereocenters. The largest absolute Gasteiger partial charge is 0.354 e. The number of hydrogen-bond donors (Lipinski definition) is 1. The van der Waals surface area contributed by atoms with Gasteiger partial charge in [0.2, 0.25) is 15.9 Å². The molecule has 0 aliphatic carbocycles. The number of para-hydroxylation sites is 1. The molecule has 8 heteroatoms. The summed E-state index contributed by atoms with van der Waals surface area (Å²) in [7, 11) is -3.56. The number of halogens is 1. The molecule has 0 saturated heterocycles. The fourth-order valence-electron chi connectivity index (χ4n) is 2.64. The quantitative estimate of drug-likeness (QED) is 0.448. The molecular weight excluding hydrogens is 416 g/mol. The van der Waals surface area contributed by atoms with E-state index in [-0.39, 0.29) is 12.5 Å². The van der Waals surface area contributed by atoms with Crippen molar-refractivity contribution in [2.75, 3.05) is 29.4 Å². The number of carbonyl (C=O) groups is 1. The summed E-state index contributed by atoms with van der Waals surface area (Å²) in [4.78, 5) is 13.4. The molecule has 0 heterocycles. The highest BCUT2D eigenvalue weighted by Gasteiger charge is 2.22. The van der Waals surface area contributed by atoms with Gasteiger partial charge in [-0.15, -0.1) is 11.8 Å². The van der Waals surface area contributed by atoms with E-state index in [2.05, 4.69) is 5.32 Å². The van der Waals surface area contributed by atoms with Crippen molar-refractivity contribution in [3.8, 4) is 0 Å². The van der Waals surface area contributed by atoms with Gasteiger partial charge in [0, 0.05) is 16.5 Å². The molecule has 1 amide bonds. The van der Waals surface area contributed by atoms with E-state index in [4.69, 9.17) is 11.6 Å². The van der Waals surface area contributed by atoms with Crippen LogP contribution in [-0.2, 0) is 21.2 Å². The summed E-state index contributed by atoms with van der Waals surface area (Å²) in [5, 5.41) is 3.51. The third kappa shape index (κ3) is 7.04. The molecule has 152 valence electrons. The van der Waals surface area contributed by atoms with Crippen LogP contribution in [0.4, 0.5) is 5.69 Å². The average Bonchev–Trinajstić information content (AvgIpc) is 2.66. The van der Waals surface area contributed by atoms with E-state index >= 15 is 0 Å². The minimum absolute atomic E-state index is 0.222. The lowest BCUT2D eigenvalue weighted by molar-refractivity contribution is -0.119. The van der Waals surface area contributed by atoms with Crippen LogP contribution in [0.3, 0.4) is 0 Å². The fourth-order valence-corrected chi connectivity index (χ4v) is 4.51. The molecule has 2 aromatic rings. The maximum atomic E-state index is 12.3. The first-order valence-corrected chi connectivity index (χ1v) is 12.2. The molecule has 2 rings (SSSR count). The van der Waals surface area contributed by atoms with Crippen LogP contribution in [0.5, 0.6) is 0 Å². The van der Waals surface area contributed by atoms with Gasteiger partial charge in [-0.25, -0.2) is 8.42 Å². The fraction of sp³-hybridized carbons (Fsp3) is 0.350. The minimum atomic E-state index is -3.56. The summed E-state index contributed by atoms with van der Waals surface area (Å²) in [5.41, 5.74) is 1.45. The van der Waals surface area contributed by atoms with Crippen molar-refractivity contribution in [3.63, 3.8) is 0 Å².